The first-order valence-electron chi connectivity index (χ1n) is 6.06. The van der Waals surface area contributed by atoms with Gasteiger partial charge in [-0.2, -0.15) is 0 Å². The maximum absolute atomic E-state index is 13.2. The fourth-order valence-corrected chi connectivity index (χ4v) is 2.00. The molecule has 0 saturated carbocycles. The van der Waals surface area contributed by atoms with Crippen molar-refractivity contribution in [2.24, 2.45) is 11.1 Å². The molecule has 0 spiro atoms. The number of rotatable bonds is 6. The molecule has 0 fully saturated rings. The predicted octanol–water partition coefficient (Wildman–Crippen LogP) is 2.57. The number of nitrogens with zero attached hydrogens (tertiary/aromatic N) is 2. The minimum Gasteiger partial charge on any atom is -0.330 e. The minimum atomic E-state index is -0.489. The second-order valence-corrected chi connectivity index (χ2v) is 5.57. The standard InChI is InChI=1S/C13H20FN3O2.ClH/c1-13(2,8-15)9-16(3)7-10-6-11(14)4-5-12(10)17(18)19;/h4-6H,7-9,15H2,1-3H3;1H. The summed E-state index contributed by atoms with van der Waals surface area (Å²) in [6, 6.07) is 3.52. The van der Waals surface area contributed by atoms with Crippen LogP contribution in [0, 0.1) is 21.3 Å². The Hall–Kier alpha value is -1.24. The van der Waals surface area contributed by atoms with Gasteiger partial charge in [-0.3, -0.25) is 10.1 Å². The Morgan fingerprint density at radius 3 is 2.55 bits per heavy atom. The van der Waals surface area contributed by atoms with E-state index in [2.05, 4.69) is 0 Å². The van der Waals surface area contributed by atoms with Crippen LogP contribution in [0.2, 0.25) is 0 Å². The highest BCUT2D eigenvalue weighted by molar-refractivity contribution is 5.85. The number of nitro groups is 1. The molecule has 0 amide bonds. The van der Waals surface area contributed by atoms with Gasteiger partial charge >= 0.3 is 0 Å². The van der Waals surface area contributed by atoms with E-state index in [-0.39, 0.29) is 23.5 Å². The molecule has 0 heterocycles. The van der Waals surface area contributed by atoms with Gasteiger partial charge in [-0.15, -0.1) is 12.4 Å². The van der Waals surface area contributed by atoms with Crippen LogP contribution < -0.4 is 5.73 Å². The van der Waals surface area contributed by atoms with Crippen molar-refractivity contribution in [2.75, 3.05) is 20.1 Å². The zero-order chi connectivity index (χ0) is 14.6. The highest BCUT2D eigenvalue weighted by Gasteiger charge is 2.21. The van der Waals surface area contributed by atoms with Crippen molar-refractivity contribution in [2.45, 2.75) is 20.4 Å². The summed E-state index contributed by atoms with van der Waals surface area (Å²) in [4.78, 5) is 12.3. The van der Waals surface area contributed by atoms with Crippen LogP contribution in [0.3, 0.4) is 0 Å². The molecule has 2 N–H and O–H groups in total. The maximum atomic E-state index is 13.2. The molecule has 5 nitrogen and oxygen atoms in total. The third kappa shape index (κ3) is 5.40. The lowest BCUT2D eigenvalue weighted by atomic mass is 9.93. The lowest BCUT2D eigenvalue weighted by Crippen LogP contribution is -2.36. The van der Waals surface area contributed by atoms with Crippen molar-refractivity contribution in [1.82, 2.24) is 4.90 Å². The van der Waals surface area contributed by atoms with Crippen LogP contribution in [-0.4, -0.2) is 30.0 Å². The SMILES string of the molecule is CN(Cc1cc(F)ccc1[N+](=O)[O-])CC(C)(C)CN.Cl. The molecule has 20 heavy (non-hydrogen) atoms. The highest BCUT2D eigenvalue weighted by Crippen LogP contribution is 2.22. The Morgan fingerprint density at radius 1 is 1.45 bits per heavy atom. The largest absolute Gasteiger partial charge is 0.330 e. The van der Waals surface area contributed by atoms with Gasteiger partial charge < -0.3 is 10.6 Å². The molecule has 0 aliphatic rings. The Morgan fingerprint density at radius 2 is 2.05 bits per heavy atom. The summed E-state index contributed by atoms with van der Waals surface area (Å²) in [6.07, 6.45) is 0. The first-order valence-corrected chi connectivity index (χ1v) is 6.06. The maximum Gasteiger partial charge on any atom is 0.274 e. The van der Waals surface area contributed by atoms with Crippen molar-refractivity contribution in [3.8, 4) is 0 Å². The van der Waals surface area contributed by atoms with E-state index in [0.717, 1.165) is 6.07 Å². The predicted molar refractivity (Wildman–Crippen MR) is 79.5 cm³/mol. The quantitative estimate of drug-likeness (QED) is 0.647. The number of halogens is 2. The summed E-state index contributed by atoms with van der Waals surface area (Å²) in [5.74, 6) is -0.466. The molecule has 0 saturated heterocycles. The van der Waals surface area contributed by atoms with Crippen LogP contribution in [0.5, 0.6) is 0 Å². The van der Waals surface area contributed by atoms with Crippen molar-refractivity contribution < 1.29 is 9.31 Å². The number of nitro benzene ring substituents is 1. The van der Waals surface area contributed by atoms with Gasteiger partial charge in [-0.25, -0.2) is 4.39 Å². The van der Waals surface area contributed by atoms with Crippen LogP contribution in [0.15, 0.2) is 18.2 Å². The van der Waals surface area contributed by atoms with E-state index in [1.165, 1.54) is 12.1 Å². The third-order valence-corrected chi connectivity index (χ3v) is 2.93. The van der Waals surface area contributed by atoms with Crippen molar-refractivity contribution in [3.63, 3.8) is 0 Å². The molecule has 1 aromatic rings. The van der Waals surface area contributed by atoms with E-state index in [9.17, 15) is 14.5 Å². The molecule has 0 aliphatic carbocycles. The lowest BCUT2D eigenvalue weighted by Gasteiger charge is -2.28. The molecule has 1 aromatic carbocycles. The number of benzene rings is 1. The van der Waals surface area contributed by atoms with Crippen molar-refractivity contribution >= 4 is 18.1 Å². The molecule has 0 aromatic heterocycles. The Labute approximate surface area is 124 Å². The minimum absolute atomic E-state index is 0. The summed E-state index contributed by atoms with van der Waals surface area (Å²) < 4.78 is 13.2. The Balaban J connectivity index is 0.00000361. The molecule has 0 unspecified atom stereocenters. The fourth-order valence-electron chi connectivity index (χ4n) is 2.00. The van der Waals surface area contributed by atoms with E-state index in [1.807, 2.05) is 25.8 Å². The zero-order valence-electron chi connectivity index (χ0n) is 11.9. The van der Waals surface area contributed by atoms with Gasteiger partial charge in [0.1, 0.15) is 5.82 Å². The van der Waals surface area contributed by atoms with Crippen LogP contribution in [0.1, 0.15) is 19.4 Å². The molecule has 0 radical (unpaired) electrons. The van der Waals surface area contributed by atoms with Crippen LogP contribution >= 0.6 is 12.4 Å². The fraction of sp³-hybridized carbons (Fsp3) is 0.538. The summed E-state index contributed by atoms with van der Waals surface area (Å²) in [5.41, 5.74) is 5.89. The van der Waals surface area contributed by atoms with E-state index >= 15 is 0 Å². The van der Waals surface area contributed by atoms with Crippen LogP contribution in [-0.2, 0) is 6.54 Å². The number of hydrogen-bond donors (Lipinski definition) is 1. The first-order chi connectivity index (χ1) is 8.75. The highest BCUT2D eigenvalue weighted by atomic mass is 35.5. The molecule has 0 atom stereocenters. The molecular weight excluding hydrogens is 285 g/mol. The first kappa shape index (κ1) is 18.8. The molecule has 1 rings (SSSR count). The monoisotopic (exact) mass is 305 g/mol. The number of nitrogens with two attached hydrogens (primary N) is 1. The zero-order valence-corrected chi connectivity index (χ0v) is 12.7. The van der Waals surface area contributed by atoms with Gasteiger partial charge in [-0.1, -0.05) is 13.8 Å². The average molecular weight is 306 g/mol. The van der Waals surface area contributed by atoms with Crippen molar-refractivity contribution in [1.29, 1.82) is 0 Å². The third-order valence-electron chi connectivity index (χ3n) is 2.93. The second kappa shape index (κ2) is 7.52. The molecule has 7 heteroatoms. The van der Waals surface area contributed by atoms with Gasteiger partial charge in [0.05, 0.1) is 4.92 Å². The molecule has 114 valence electrons. The normalized spacial score (nSPS) is 11.3. The van der Waals surface area contributed by atoms with E-state index in [4.69, 9.17) is 5.73 Å². The molecule has 0 aliphatic heterocycles. The smallest absolute Gasteiger partial charge is 0.274 e. The summed E-state index contributed by atoms with van der Waals surface area (Å²) in [5, 5.41) is 10.9. The second-order valence-electron chi connectivity index (χ2n) is 5.57. The van der Waals surface area contributed by atoms with E-state index < -0.39 is 10.7 Å². The molecular formula is C13H21ClFN3O2. The van der Waals surface area contributed by atoms with E-state index in [0.29, 0.717) is 25.2 Å². The Kier molecular flexibility index (Phi) is 7.05. The number of hydrogen-bond acceptors (Lipinski definition) is 4. The Bertz CT molecular complexity index is 469. The van der Waals surface area contributed by atoms with Crippen LogP contribution in [0.25, 0.3) is 0 Å². The molecule has 0 bridgehead atoms. The van der Waals surface area contributed by atoms with Gasteiger partial charge in [0.25, 0.3) is 5.69 Å². The topological polar surface area (TPSA) is 72.4 Å². The van der Waals surface area contributed by atoms with Gasteiger partial charge in [-0.05, 0) is 31.1 Å². The van der Waals surface area contributed by atoms with Gasteiger partial charge in [0.2, 0.25) is 0 Å². The van der Waals surface area contributed by atoms with Gasteiger partial charge in [0, 0.05) is 24.7 Å². The summed E-state index contributed by atoms with van der Waals surface area (Å²) >= 11 is 0. The summed E-state index contributed by atoms with van der Waals surface area (Å²) in [6.45, 7) is 5.55. The van der Waals surface area contributed by atoms with Gasteiger partial charge in [0.15, 0.2) is 0 Å². The summed E-state index contributed by atoms with van der Waals surface area (Å²) in [7, 11) is 1.84. The average Bonchev–Trinajstić information content (AvgIpc) is 2.27. The van der Waals surface area contributed by atoms with Crippen molar-refractivity contribution in [3.05, 3.63) is 39.7 Å². The van der Waals surface area contributed by atoms with Crippen LogP contribution in [0.4, 0.5) is 10.1 Å². The lowest BCUT2D eigenvalue weighted by molar-refractivity contribution is -0.385. The van der Waals surface area contributed by atoms with E-state index in [1.54, 1.807) is 0 Å².